The molecule has 172 valence electrons. The molecule has 8 heteroatoms. The second kappa shape index (κ2) is 9.74. The van der Waals surface area contributed by atoms with Crippen molar-refractivity contribution in [2.75, 3.05) is 12.8 Å². The minimum absolute atomic E-state index is 0.337. The summed E-state index contributed by atoms with van der Waals surface area (Å²) in [7, 11) is 1.61. The van der Waals surface area contributed by atoms with Crippen molar-refractivity contribution in [3.63, 3.8) is 0 Å². The van der Waals surface area contributed by atoms with Gasteiger partial charge >= 0.3 is 0 Å². The molecule has 0 spiro atoms. The molecular formula is C27H21N5O2S. The van der Waals surface area contributed by atoms with E-state index < -0.39 is 5.91 Å². The minimum atomic E-state index is -0.407. The molecule has 0 atom stereocenters. The standard InChI is InChI=1S/C27H21N5O2S/c1-34-20-14-12-17(13-15-20)16-29-31-26(33)25-23(28)22-21(18-8-4-2-5-9-18)24(30-32-27(22)35-25)19-10-6-3-7-11-19/h2-16H,28H2,1H3,(H,31,33). The predicted octanol–water partition coefficient (Wildman–Crippen LogP) is 5.38. The normalized spacial score (nSPS) is 11.1. The number of fused-ring (bicyclic) bond motifs is 1. The summed E-state index contributed by atoms with van der Waals surface area (Å²) in [6.45, 7) is 0. The number of nitrogens with two attached hydrogens (primary N) is 1. The van der Waals surface area contributed by atoms with Crippen LogP contribution in [-0.4, -0.2) is 29.4 Å². The first-order chi connectivity index (χ1) is 17.2. The third-order valence-electron chi connectivity index (χ3n) is 5.47. The van der Waals surface area contributed by atoms with Crippen LogP contribution in [0.5, 0.6) is 5.75 Å². The smallest absolute Gasteiger partial charge is 0.283 e. The Morgan fingerprint density at radius 2 is 1.60 bits per heavy atom. The summed E-state index contributed by atoms with van der Waals surface area (Å²) < 4.78 is 5.15. The first-order valence-electron chi connectivity index (χ1n) is 10.8. The molecule has 2 aromatic heterocycles. The number of benzene rings is 3. The maximum Gasteiger partial charge on any atom is 0.283 e. The van der Waals surface area contributed by atoms with E-state index in [1.54, 1.807) is 13.3 Å². The van der Waals surface area contributed by atoms with Crippen molar-refractivity contribution in [3.8, 4) is 28.1 Å². The molecule has 1 amide bonds. The van der Waals surface area contributed by atoms with Gasteiger partial charge in [0, 0.05) is 16.5 Å². The molecule has 2 heterocycles. The lowest BCUT2D eigenvalue weighted by molar-refractivity contribution is 0.0960. The molecule has 3 aromatic carbocycles. The number of carbonyl (C=O) groups is 1. The molecule has 0 radical (unpaired) electrons. The molecule has 0 aliphatic carbocycles. The van der Waals surface area contributed by atoms with Crippen molar-refractivity contribution < 1.29 is 9.53 Å². The molecule has 0 saturated carbocycles. The van der Waals surface area contributed by atoms with E-state index in [1.165, 1.54) is 11.3 Å². The summed E-state index contributed by atoms with van der Waals surface area (Å²) in [6, 6.07) is 27.0. The monoisotopic (exact) mass is 479 g/mol. The summed E-state index contributed by atoms with van der Waals surface area (Å²) in [5.74, 6) is 0.338. The first kappa shape index (κ1) is 22.2. The predicted molar refractivity (Wildman–Crippen MR) is 141 cm³/mol. The molecule has 0 aliphatic heterocycles. The fraction of sp³-hybridized carbons (Fsp3) is 0.0370. The third kappa shape index (κ3) is 4.47. The molecule has 5 rings (SSSR count). The first-order valence-corrected chi connectivity index (χ1v) is 11.6. The largest absolute Gasteiger partial charge is 0.497 e. The van der Waals surface area contributed by atoms with Crippen molar-refractivity contribution in [2.45, 2.75) is 0 Å². The summed E-state index contributed by atoms with van der Waals surface area (Å²) in [4.78, 5) is 13.9. The van der Waals surface area contributed by atoms with Crippen LogP contribution in [0.15, 0.2) is 90.0 Å². The molecule has 3 N–H and O–H groups in total. The Bertz CT molecular complexity index is 1510. The number of ether oxygens (including phenoxy) is 1. The van der Waals surface area contributed by atoms with Crippen molar-refractivity contribution in [1.82, 2.24) is 15.6 Å². The van der Waals surface area contributed by atoms with Crippen molar-refractivity contribution in [1.29, 1.82) is 0 Å². The van der Waals surface area contributed by atoms with E-state index in [4.69, 9.17) is 10.5 Å². The minimum Gasteiger partial charge on any atom is -0.497 e. The van der Waals surface area contributed by atoms with Crippen LogP contribution in [0.2, 0.25) is 0 Å². The Morgan fingerprint density at radius 3 is 2.26 bits per heavy atom. The number of nitrogens with zero attached hydrogens (tertiary/aromatic N) is 3. The van der Waals surface area contributed by atoms with Crippen LogP contribution in [0.3, 0.4) is 0 Å². The maximum absolute atomic E-state index is 13.0. The van der Waals surface area contributed by atoms with E-state index in [-0.39, 0.29) is 0 Å². The van der Waals surface area contributed by atoms with Crippen LogP contribution < -0.4 is 15.9 Å². The number of nitrogen functional groups attached to an aromatic ring is 1. The van der Waals surface area contributed by atoms with Crippen molar-refractivity contribution in [3.05, 3.63) is 95.4 Å². The molecule has 7 nitrogen and oxygen atoms in total. The van der Waals surface area contributed by atoms with E-state index in [0.717, 1.165) is 28.0 Å². The van der Waals surface area contributed by atoms with Gasteiger partial charge in [-0.15, -0.1) is 21.5 Å². The quantitative estimate of drug-likeness (QED) is 0.251. The zero-order valence-electron chi connectivity index (χ0n) is 18.8. The van der Waals surface area contributed by atoms with Gasteiger partial charge in [0.1, 0.15) is 21.2 Å². The second-order valence-corrected chi connectivity index (χ2v) is 8.65. The van der Waals surface area contributed by atoms with Crippen LogP contribution in [0.25, 0.3) is 32.6 Å². The molecule has 0 fully saturated rings. The van der Waals surface area contributed by atoms with Crippen LogP contribution in [0.1, 0.15) is 15.2 Å². The van der Waals surface area contributed by atoms with Crippen molar-refractivity contribution in [2.24, 2.45) is 5.10 Å². The van der Waals surface area contributed by atoms with E-state index >= 15 is 0 Å². The SMILES string of the molecule is COc1ccc(C=NNC(=O)c2sc3nnc(-c4ccccc4)c(-c4ccccc4)c3c2N)cc1. The van der Waals surface area contributed by atoms with Gasteiger partial charge in [0.25, 0.3) is 5.91 Å². The molecular weight excluding hydrogens is 458 g/mol. The van der Waals surface area contributed by atoms with Crippen LogP contribution >= 0.6 is 11.3 Å². The average Bonchev–Trinajstić information content (AvgIpc) is 3.26. The van der Waals surface area contributed by atoms with Crippen LogP contribution in [0, 0.1) is 0 Å². The molecule has 35 heavy (non-hydrogen) atoms. The number of carbonyl (C=O) groups excluding carboxylic acids is 1. The zero-order chi connectivity index (χ0) is 24.2. The average molecular weight is 480 g/mol. The Kier molecular flexibility index (Phi) is 6.19. The fourth-order valence-corrected chi connectivity index (χ4v) is 4.71. The Balaban J connectivity index is 1.54. The van der Waals surface area contributed by atoms with Gasteiger partial charge in [0.05, 0.1) is 19.0 Å². The van der Waals surface area contributed by atoms with Gasteiger partial charge in [-0.1, -0.05) is 60.7 Å². The highest BCUT2D eigenvalue weighted by Gasteiger charge is 2.23. The summed E-state index contributed by atoms with van der Waals surface area (Å²) in [6.07, 6.45) is 1.56. The van der Waals surface area contributed by atoms with E-state index in [0.29, 0.717) is 26.5 Å². The number of methoxy groups -OCH3 is 1. The number of amides is 1. The molecule has 0 unspecified atom stereocenters. The van der Waals surface area contributed by atoms with E-state index in [1.807, 2.05) is 84.9 Å². The number of hydrazone groups is 1. The lowest BCUT2D eigenvalue weighted by atomic mass is 9.96. The number of thiophene rings is 1. The highest BCUT2D eigenvalue weighted by Crippen LogP contribution is 2.42. The fourth-order valence-electron chi connectivity index (χ4n) is 3.77. The Labute approximate surface area is 205 Å². The Hall–Kier alpha value is -4.56. The lowest BCUT2D eigenvalue weighted by Crippen LogP contribution is -2.17. The molecule has 0 bridgehead atoms. The maximum atomic E-state index is 13.0. The van der Waals surface area contributed by atoms with Crippen molar-refractivity contribution >= 4 is 39.4 Å². The number of rotatable bonds is 6. The number of aromatic nitrogens is 2. The third-order valence-corrected chi connectivity index (χ3v) is 6.55. The van der Waals surface area contributed by atoms with Gasteiger partial charge in [0.2, 0.25) is 0 Å². The van der Waals surface area contributed by atoms with E-state index in [9.17, 15) is 4.79 Å². The summed E-state index contributed by atoms with van der Waals surface area (Å²) in [5, 5.41) is 13.7. The lowest BCUT2D eigenvalue weighted by Gasteiger charge is -2.11. The Morgan fingerprint density at radius 1 is 0.943 bits per heavy atom. The second-order valence-electron chi connectivity index (χ2n) is 7.65. The van der Waals surface area contributed by atoms with Gasteiger partial charge in [-0.05, 0) is 35.4 Å². The zero-order valence-corrected chi connectivity index (χ0v) is 19.6. The molecule has 5 aromatic rings. The topological polar surface area (TPSA) is 102 Å². The van der Waals surface area contributed by atoms with Gasteiger partial charge in [0.15, 0.2) is 0 Å². The number of anilines is 1. The molecule has 0 saturated heterocycles. The van der Waals surface area contributed by atoms with Gasteiger partial charge in [-0.2, -0.15) is 5.10 Å². The van der Waals surface area contributed by atoms with Gasteiger partial charge in [-0.25, -0.2) is 5.43 Å². The summed E-state index contributed by atoms with van der Waals surface area (Å²) >= 11 is 1.19. The highest BCUT2D eigenvalue weighted by molar-refractivity contribution is 7.21. The van der Waals surface area contributed by atoms with Gasteiger partial charge in [-0.3, -0.25) is 4.79 Å². The molecule has 0 aliphatic rings. The summed E-state index contributed by atoms with van der Waals surface area (Å²) in [5.41, 5.74) is 13.7. The van der Waals surface area contributed by atoms with Crippen LogP contribution in [0.4, 0.5) is 5.69 Å². The van der Waals surface area contributed by atoms with Crippen LogP contribution in [-0.2, 0) is 0 Å². The highest BCUT2D eigenvalue weighted by atomic mass is 32.1. The number of hydrogen-bond acceptors (Lipinski definition) is 7. The van der Waals surface area contributed by atoms with Gasteiger partial charge < -0.3 is 10.5 Å². The number of nitrogens with one attached hydrogen (secondary N) is 1. The number of hydrogen-bond donors (Lipinski definition) is 2. The van der Waals surface area contributed by atoms with E-state index in [2.05, 4.69) is 20.7 Å².